The van der Waals surface area contributed by atoms with E-state index in [1.54, 1.807) is 0 Å². The van der Waals surface area contributed by atoms with Crippen LogP contribution in [0.2, 0.25) is 0 Å². The number of hydrogen-bond acceptors (Lipinski definition) is 3. The summed E-state index contributed by atoms with van der Waals surface area (Å²) in [4.78, 5) is 0. The molecule has 5 heteroatoms. The average Bonchev–Trinajstić information content (AvgIpc) is 2.32. The number of aryl methyl sites for hydroxylation is 1. The van der Waals surface area contributed by atoms with E-state index < -0.39 is 10.0 Å². The van der Waals surface area contributed by atoms with Crippen LogP contribution in [0.15, 0.2) is 24.3 Å². The predicted octanol–water partition coefficient (Wildman–Crippen LogP) is 1.80. The van der Waals surface area contributed by atoms with Crippen LogP contribution in [0.25, 0.3) is 0 Å². The topological polar surface area (TPSA) is 46.6 Å². The zero-order chi connectivity index (χ0) is 13.2. The Morgan fingerprint density at radius 2 is 1.83 bits per heavy atom. The third-order valence-corrected chi connectivity index (χ3v) is 4.56. The molecule has 0 radical (unpaired) electrons. The zero-order valence-corrected chi connectivity index (χ0v) is 11.6. The fourth-order valence-corrected chi connectivity index (χ4v) is 3.02. The van der Waals surface area contributed by atoms with Crippen molar-refractivity contribution >= 4 is 10.0 Å². The molecule has 0 aliphatic carbocycles. The molecule has 1 aromatic carbocycles. The number of sulfonamides is 1. The molecule has 4 nitrogen and oxygen atoms in total. The molecular formula is C13H19NO3S. The number of para-hydroxylation sites is 1. The maximum absolute atomic E-state index is 11.4. The Labute approximate surface area is 109 Å². The quantitative estimate of drug-likeness (QED) is 0.840. The molecule has 1 aromatic rings. The van der Waals surface area contributed by atoms with Crippen molar-refractivity contribution in [2.45, 2.75) is 25.9 Å². The Kier molecular flexibility index (Phi) is 3.92. The largest absolute Gasteiger partial charge is 0.490 e. The van der Waals surface area contributed by atoms with E-state index in [-0.39, 0.29) is 6.10 Å². The summed E-state index contributed by atoms with van der Waals surface area (Å²) in [6.07, 6.45) is 2.88. The number of piperidine rings is 1. The minimum atomic E-state index is -3.05. The van der Waals surface area contributed by atoms with Crippen LogP contribution in [-0.4, -0.2) is 38.2 Å². The summed E-state index contributed by atoms with van der Waals surface area (Å²) in [6.45, 7) is 3.12. The molecule has 1 aliphatic heterocycles. The summed E-state index contributed by atoms with van der Waals surface area (Å²) in [7, 11) is -3.05. The standard InChI is InChI=1S/C13H19NO3S/c1-11-5-3-4-6-13(11)17-12-7-9-14(10-8-12)18(2,15)16/h3-6,12H,7-10H2,1-2H3. The minimum Gasteiger partial charge on any atom is -0.490 e. The van der Waals surface area contributed by atoms with Gasteiger partial charge in [0.2, 0.25) is 10.0 Å². The molecule has 0 bridgehead atoms. The van der Waals surface area contributed by atoms with Crippen molar-refractivity contribution in [3.8, 4) is 5.75 Å². The number of benzene rings is 1. The highest BCUT2D eigenvalue weighted by molar-refractivity contribution is 7.88. The smallest absolute Gasteiger partial charge is 0.211 e. The van der Waals surface area contributed by atoms with Crippen LogP contribution in [-0.2, 0) is 10.0 Å². The summed E-state index contributed by atoms with van der Waals surface area (Å²) in [5.41, 5.74) is 1.11. The summed E-state index contributed by atoms with van der Waals surface area (Å²) in [6, 6.07) is 7.90. The molecule has 1 fully saturated rings. The van der Waals surface area contributed by atoms with Gasteiger partial charge in [-0.15, -0.1) is 0 Å². The lowest BCUT2D eigenvalue weighted by molar-refractivity contribution is 0.134. The summed E-state index contributed by atoms with van der Waals surface area (Å²) in [5, 5.41) is 0. The molecule has 0 saturated carbocycles. The maximum atomic E-state index is 11.4. The first kappa shape index (κ1) is 13.4. The van der Waals surface area contributed by atoms with Crippen LogP contribution in [0.3, 0.4) is 0 Å². The first-order valence-corrected chi connectivity index (χ1v) is 7.99. The van der Waals surface area contributed by atoms with Gasteiger partial charge >= 0.3 is 0 Å². The summed E-state index contributed by atoms with van der Waals surface area (Å²) in [5.74, 6) is 0.898. The van der Waals surface area contributed by atoms with Crippen LogP contribution in [0.4, 0.5) is 0 Å². The molecule has 0 spiro atoms. The highest BCUT2D eigenvalue weighted by Gasteiger charge is 2.25. The van der Waals surface area contributed by atoms with Crippen LogP contribution in [0.5, 0.6) is 5.75 Å². The van der Waals surface area contributed by atoms with E-state index in [2.05, 4.69) is 0 Å². The van der Waals surface area contributed by atoms with E-state index in [1.165, 1.54) is 10.6 Å². The molecule has 18 heavy (non-hydrogen) atoms. The monoisotopic (exact) mass is 269 g/mol. The third-order valence-electron chi connectivity index (χ3n) is 3.26. The molecule has 1 aliphatic rings. The normalized spacial score (nSPS) is 18.8. The second-order valence-electron chi connectivity index (χ2n) is 4.74. The van der Waals surface area contributed by atoms with Gasteiger partial charge in [0.1, 0.15) is 11.9 Å². The van der Waals surface area contributed by atoms with Gasteiger partial charge < -0.3 is 4.74 Å². The van der Waals surface area contributed by atoms with E-state index >= 15 is 0 Å². The molecule has 0 atom stereocenters. The zero-order valence-electron chi connectivity index (χ0n) is 10.8. The van der Waals surface area contributed by atoms with Gasteiger partial charge in [0.15, 0.2) is 0 Å². The average molecular weight is 269 g/mol. The van der Waals surface area contributed by atoms with Crippen molar-refractivity contribution < 1.29 is 13.2 Å². The lowest BCUT2D eigenvalue weighted by Gasteiger charge is -2.30. The van der Waals surface area contributed by atoms with Crippen molar-refractivity contribution in [3.05, 3.63) is 29.8 Å². The number of rotatable bonds is 3. The van der Waals surface area contributed by atoms with Crippen LogP contribution in [0, 0.1) is 6.92 Å². The molecule has 100 valence electrons. The molecule has 1 heterocycles. The Morgan fingerprint density at radius 1 is 1.22 bits per heavy atom. The fraction of sp³-hybridized carbons (Fsp3) is 0.538. The Morgan fingerprint density at radius 3 is 2.39 bits per heavy atom. The van der Waals surface area contributed by atoms with Gasteiger partial charge in [-0.3, -0.25) is 0 Å². The third kappa shape index (κ3) is 3.23. The predicted molar refractivity (Wildman–Crippen MR) is 71.2 cm³/mol. The summed E-state index contributed by atoms with van der Waals surface area (Å²) >= 11 is 0. The fourth-order valence-electron chi connectivity index (χ4n) is 2.15. The van der Waals surface area contributed by atoms with Crippen LogP contribution >= 0.6 is 0 Å². The first-order chi connectivity index (χ1) is 8.47. The molecule has 0 N–H and O–H groups in total. The molecule has 1 saturated heterocycles. The molecule has 2 rings (SSSR count). The van der Waals surface area contributed by atoms with Gasteiger partial charge in [-0.1, -0.05) is 18.2 Å². The van der Waals surface area contributed by atoms with Crippen molar-refractivity contribution in [2.75, 3.05) is 19.3 Å². The molecule has 0 amide bonds. The van der Waals surface area contributed by atoms with Crippen LogP contribution in [0.1, 0.15) is 18.4 Å². The van der Waals surface area contributed by atoms with E-state index in [0.29, 0.717) is 13.1 Å². The van der Waals surface area contributed by atoms with Gasteiger partial charge in [-0.2, -0.15) is 0 Å². The summed E-state index contributed by atoms with van der Waals surface area (Å²) < 4.78 is 30.2. The van der Waals surface area contributed by atoms with Crippen LogP contribution < -0.4 is 4.74 Å². The highest BCUT2D eigenvalue weighted by atomic mass is 32.2. The Balaban J connectivity index is 1.94. The number of nitrogens with zero attached hydrogens (tertiary/aromatic N) is 1. The SMILES string of the molecule is Cc1ccccc1OC1CCN(S(C)(=O)=O)CC1. The van der Waals surface area contributed by atoms with Crippen molar-refractivity contribution in [1.29, 1.82) is 0 Å². The van der Waals surface area contributed by atoms with E-state index in [9.17, 15) is 8.42 Å². The van der Waals surface area contributed by atoms with Crippen molar-refractivity contribution in [3.63, 3.8) is 0 Å². The Hall–Kier alpha value is -1.07. The lowest BCUT2D eigenvalue weighted by atomic mass is 10.1. The van der Waals surface area contributed by atoms with Gasteiger partial charge in [-0.05, 0) is 31.4 Å². The molecular weight excluding hydrogens is 250 g/mol. The van der Waals surface area contributed by atoms with Gasteiger partial charge in [-0.25, -0.2) is 12.7 Å². The number of ether oxygens (including phenoxy) is 1. The van der Waals surface area contributed by atoms with E-state index in [1.807, 2.05) is 31.2 Å². The van der Waals surface area contributed by atoms with E-state index in [0.717, 1.165) is 24.2 Å². The molecule has 0 unspecified atom stereocenters. The van der Waals surface area contributed by atoms with E-state index in [4.69, 9.17) is 4.74 Å². The lowest BCUT2D eigenvalue weighted by Crippen LogP contribution is -2.41. The number of hydrogen-bond donors (Lipinski definition) is 0. The first-order valence-electron chi connectivity index (χ1n) is 6.14. The van der Waals surface area contributed by atoms with Gasteiger partial charge in [0.25, 0.3) is 0 Å². The Bertz CT molecular complexity index is 505. The molecule has 0 aromatic heterocycles. The highest BCUT2D eigenvalue weighted by Crippen LogP contribution is 2.22. The minimum absolute atomic E-state index is 0.115. The second kappa shape index (κ2) is 5.28. The van der Waals surface area contributed by atoms with Gasteiger partial charge in [0.05, 0.1) is 6.26 Å². The maximum Gasteiger partial charge on any atom is 0.211 e. The van der Waals surface area contributed by atoms with Crippen molar-refractivity contribution in [2.24, 2.45) is 0 Å². The van der Waals surface area contributed by atoms with Crippen molar-refractivity contribution in [1.82, 2.24) is 4.31 Å². The second-order valence-corrected chi connectivity index (χ2v) is 6.73. The van der Waals surface area contributed by atoms with Gasteiger partial charge in [0, 0.05) is 13.1 Å².